The van der Waals surface area contributed by atoms with Crippen LogP contribution in [0.15, 0.2) is 83.8 Å². The van der Waals surface area contributed by atoms with Crippen LogP contribution < -0.4 is 0 Å². The maximum atomic E-state index is 13.5. The molecule has 5 rings (SSSR count). The fraction of sp³-hybridized carbons (Fsp3) is 0.208. The molecule has 0 radical (unpaired) electrons. The van der Waals surface area contributed by atoms with E-state index in [9.17, 15) is 17.6 Å². The predicted molar refractivity (Wildman–Crippen MR) is 114 cm³/mol. The number of carbonyl (C=O) groups is 1. The summed E-state index contributed by atoms with van der Waals surface area (Å²) in [5.74, 6) is -0.479. The lowest BCUT2D eigenvalue weighted by Crippen LogP contribution is -2.46. The van der Waals surface area contributed by atoms with Gasteiger partial charge in [-0.15, -0.1) is 0 Å². The smallest absolute Gasteiger partial charge is 0.253 e. The minimum atomic E-state index is -3.76. The van der Waals surface area contributed by atoms with Crippen LogP contribution in [0.2, 0.25) is 0 Å². The molecule has 0 saturated carbocycles. The molecule has 0 N–H and O–H groups in total. The number of halogens is 1. The Kier molecular flexibility index (Phi) is 4.68. The quantitative estimate of drug-likeness (QED) is 0.628. The summed E-state index contributed by atoms with van der Waals surface area (Å²) in [6.07, 6.45) is 0.503. The van der Waals surface area contributed by atoms with Crippen LogP contribution in [0.1, 0.15) is 27.9 Å². The van der Waals surface area contributed by atoms with Gasteiger partial charge in [-0.3, -0.25) is 4.79 Å². The van der Waals surface area contributed by atoms with Gasteiger partial charge in [0.1, 0.15) is 5.82 Å². The Morgan fingerprint density at radius 1 is 0.935 bits per heavy atom. The number of carbonyl (C=O) groups excluding carboxylic acids is 1. The van der Waals surface area contributed by atoms with Crippen LogP contribution in [0.25, 0.3) is 0 Å². The zero-order valence-corrected chi connectivity index (χ0v) is 17.6. The Morgan fingerprint density at radius 2 is 1.61 bits per heavy atom. The van der Waals surface area contributed by atoms with Crippen LogP contribution >= 0.6 is 0 Å². The van der Waals surface area contributed by atoms with E-state index >= 15 is 0 Å². The fourth-order valence-corrected chi connectivity index (χ4v) is 6.76. The second kappa shape index (κ2) is 7.28. The second-order valence-electron chi connectivity index (χ2n) is 8.01. The van der Waals surface area contributed by atoms with Crippen molar-refractivity contribution in [2.24, 2.45) is 0 Å². The molecule has 3 aromatic rings. The first-order chi connectivity index (χ1) is 14.9. The number of amides is 1. The number of fused-ring (bicyclic) bond motifs is 2. The minimum absolute atomic E-state index is 0.110. The van der Waals surface area contributed by atoms with Gasteiger partial charge in [0.2, 0.25) is 10.0 Å². The van der Waals surface area contributed by atoms with Gasteiger partial charge >= 0.3 is 0 Å². The Labute approximate surface area is 180 Å². The average Bonchev–Trinajstić information content (AvgIpc) is 3.31. The van der Waals surface area contributed by atoms with E-state index in [1.807, 2.05) is 30.3 Å². The summed E-state index contributed by atoms with van der Waals surface area (Å²) in [7, 11) is -3.76. The number of hydrogen-bond acceptors (Lipinski definition) is 3. The van der Waals surface area contributed by atoms with Crippen LogP contribution in [0.4, 0.5) is 4.39 Å². The third kappa shape index (κ3) is 3.16. The molecule has 7 heteroatoms. The molecule has 5 nitrogen and oxygen atoms in total. The number of likely N-dealkylation sites (tertiary alicyclic amines) is 1. The molecule has 158 valence electrons. The van der Waals surface area contributed by atoms with Crippen LogP contribution in [-0.4, -0.2) is 36.6 Å². The number of sulfonamides is 1. The van der Waals surface area contributed by atoms with Gasteiger partial charge < -0.3 is 4.90 Å². The molecule has 1 atom stereocenters. The molecule has 2 aliphatic heterocycles. The lowest BCUT2D eigenvalue weighted by atomic mass is 9.88. The SMILES string of the molecule is O=C(c1ccccc1)N1CCC2(C1)c1ccccc1S(=O)(=O)N2Cc1ccc(F)cc1. The summed E-state index contributed by atoms with van der Waals surface area (Å²) in [5, 5.41) is 0. The van der Waals surface area contributed by atoms with Gasteiger partial charge in [0.25, 0.3) is 5.91 Å². The number of benzene rings is 3. The standard InChI is InChI=1S/C24H21FN2O3S/c25-20-12-10-18(11-13-20)16-27-24(21-8-4-5-9-22(21)31(27,29)30)14-15-26(17-24)23(28)19-6-2-1-3-7-19/h1-13H,14-17H2. The fourth-order valence-electron chi connectivity index (χ4n) is 4.70. The predicted octanol–water partition coefficient (Wildman–Crippen LogP) is 3.77. The van der Waals surface area contributed by atoms with Gasteiger partial charge in [0, 0.05) is 25.2 Å². The zero-order valence-electron chi connectivity index (χ0n) is 16.7. The van der Waals surface area contributed by atoms with Gasteiger partial charge in [-0.2, -0.15) is 4.31 Å². The van der Waals surface area contributed by atoms with E-state index in [0.29, 0.717) is 24.1 Å². The molecule has 31 heavy (non-hydrogen) atoms. The number of nitrogens with zero attached hydrogens (tertiary/aromatic N) is 2. The average molecular weight is 437 g/mol. The lowest BCUT2D eigenvalue weighted by molar-refractivity contribution is 0.0762. The van der Waals surface area contributed by atoms with Crippen LogP contribution in [0.5, 0.6) is 0 Å². The third-order valence-corrected chi connectivity index (χ3v) is 8.20. The van der Waals surface area contributed by atoms with Crippen molar-refractivity contribution in [3.8, 4) is 0 Å². The van der Waals surface area contributed by atoms with E-state index in [1.165, 1.54) is 16.4 Å². The molecule has 1 unspecified atom stereocenters. The highest BCUT2D eigenvalue weighted by Crippen LogP contribution is 2.50. The normalized spacial score (nSPS) is 22.0. The van der Waals surface area contributed by atoms with Crippen molar-refractivity contribution >= 4 is 15.9 Å². The summed E-state index contributed by atoms with van der Waals surface area (Å²) in [6, 6.07) is 21.9. The minimum Gasteiger partial charge on any atom is -0.336 e. The van der Waals surface area contributed by atoms with Crippen LogP contribution in [0.3, 0.4) is 0 Å². The van der Waals surface area contributed by atoms with Crippen molar-refractivity contribution in [2.45, 2.75) is 23.4 Å². The molecule has 1 saturated heterocycles. The van der Waals surface area contributed by atoms with Crippen LogP contribution in [0, 0.1) is 5.82 Å². The van der Waals surface area contributed by atoms with Crippen molar-refractivity contribution in [3.05, 3.63) is 101 Å². The lowest BCUT2D eigenvalue weighted by Gasteiger charge is -2.34. The summed E-state index contributed by atoms with van der Waals surface area (Å²) in [6.45, 7) is 0.848. The summed E-state index contributed by atoms with van der Waals surface area (Å²) in [4.78, 5) is 15.1. The Bertz CT molecular complexity index is 1250. The summed E-state index contributed by atoms with van der Waals surface area (Å²) >= 11 is 0. The molecular weight excluding hydrogens is 415 g/mol. The van der Waals surface area contributed by atoms with Gasteiger partial charge in [-0.1, -0.05) is 48.5 Å². The molecule has 2 aliphatic rings. The first-order valence-corrected chi connectivity index (χ1v) is 11.6. The van der Waals surface area contributed by atoms with E-state index in [1.54, 1.807) is 41.3 Å². The second-order valence-corrected chi connectivity index (χ2v) is 9.84. The molecule has 0 aliphatic carbocycles. The molecule has 1 amide bonds. The number of hydrogen-bond donors (Lipinski definition) is 0. The van der Waals surface area contributed by atoms with Crippen molar-refractivity contribution < 1.29 is 17.6 Å². The van der Waals surface area contributed by atoms with Crippen molar-refractivity contribution in [2.75, 3.05) is 13.1 Å². The van der Waals surface area contributed by atoms with E-state index in [2.05, 4.69) is 0 Å². The summed E-state index contributed by atoms with van der Waals surface area (Å²) in [5.41, 5.74) is 1.16. The topological polar surface area (TPSA) is 57.7 Å². The highest BCUT2D eigenvalue weighted by atomic mass is 32.2. The molecule has 3 aromatic carbocycles. The zero-order chi connectivity index (χ0) is 21.6. The molecule has 0 aromatic heterocycles. The van der Waals surface area contributed by atoms with E-state index in [-0.39, 0.29) is 29.7 Å². The molecule has 1 spiro atoms. The molecule has 0 bridgehead atoms. The first kappa shape index (κ1) is 19.9. The largest absolute Gasteiger partial charge is 0.336 e. The first-order valence-electron chi connectivity index (χ1n) is 10.1. The Morgan fingerprint density at radius 3 is 2.35 bits per heavy atom. The van der Waals surface area contributed by atoms with Gasteiger partial charge in [-0.05, 0) is 47.9 Å². The molecule has 1 fully saturated rings. The van der Waals surface area contributed by atoms with Crippen molar-refractivity contribution in [1.29, 1.82) is 0 Å². The van der Waals surface area contributed by atoms with E-state index in [4.69, 9.17) is 0 Å². The van der Waals surface area contributed by atoms with E-state index in [0.717, 1.165) is 5.56 Å². The monoisotopic (exact) mass is 436 g/mol. The van der Waals surface area contributed by atoms with Gasteiger partial charge in [-0.25, -0.2) is 12.8 Å². The van der Waals surface area contributed by atoms with Gasteiger partial charge in [0.05, 0.1) is 10.4 Å². The Balaban J connectivity index is 1.56. The van der Waals surface area contributed by atoms with Crippen molar-refractivity contribution in [1.82, 2.24) is 9.21 Å². The maximum Gasteiger partial charge on any atom is 0.253 e. The van der Waals surface area contributed by atoms with Crippen molar-refractivity contribution in [3.63, 3.8) is 0 Å². The highest BCUT2D eigenvalue weighted by Gasteiger charge is 2.57. The third-order valence-electron chi connectivity index (χ3n) is 6.23. The van der Waals surface area contributed by atoms with E-state index < -0.39 is 15.6 Å². The maximum absolute atomic E-state index is 13.5. The summed E-state index contributed by atoms with van der Waals surface area (Å²) < 4.78 is 41.9. The Hall–Kier alpha value is -3.03. The van der Waals surface area contributed by atoms with Gasteiger partial charge in [0.15, 0.2) is 0 Å². The molecular formula is C24H21FN2O3S. The molecule has 2 heterocycles. The highest BCUT2D eigenvalue weighted by molar-refractivity contribution is 7.89. The number of rotatable bonds is 3. The van der Waals surface area contributed by atoms with Crippen LogP contribution in [-0.2, 0) is 22.1 Å².